The van der Waals surface area contributed by atoms with Gasteiger partial charge in [0, 0.05) is 5.71 Å². The first-order valence-corrected chi connectivity index (χ1v) is 5.64. The van der Waals surface area contributed by atoms with E-state index in [1.54, 1.807) is 0 Å². The van der Waals surface area contributed by atoms with Gasteiger partial charge in [0.2, 0.25) is 0 Å². The van der Waals surface area contributed by atoms with Crippen LogP contribution in [0.1, 0.15) is 19.8 Å². The molecule has 0 fully saturated rings. The van der Waals surface area contributed by atoms with E-state index in [9.17, 15) is 18.0 Å². The number of amides is 1. The fourth-order valence-electron chi connectivity index (χ4n) is 1.67. The lowest BCUT2D eigenvalue weighted by Crippen LogP contribution is -2.20. The molecule has 0 N–H and O–H groups in total. The number of carbonyl (C=O) groups is 1. The Labute approximate surface area is 107 Å². The second-order valence-electron chi connectivity index (χ2n) is 3.94. The Morgan fingerprint density at radius 2 is 1.95 bits per heavy atom. The Kier molecular flexibility index (Phi) is 3.46. The lowest BCUT2D eigenvalue weighted by Gasteiger charge is -2.13. The van der Waals surface area contributed by atoms with E-state index in [-0.39, 0.29) is 18.1 Å². The molecule has 1 aliphatic heterocycles. The Hall–Kier alpha value is -2.05. The molecule has 0 unspecified atom stereocenters. The van der Waals surface area contributed by atoms with Gasteiger partial charge >= 0.3 is 6.36 Å². The van der Waals surface area contributed by atoms with E-state index in [0.29, 0.717) is 12.1 Å². The number of halogens is 3. The molecular formula is C12H11F3N2O2. The number of hydrazone groups is 1. The first kappa shape index (κ1) is 13.4. The maximum atomic E-state index is 12.0. The summed E-state index contributed by atoms with van der Waals surface area (Å²) in [5.41, 5.74) is 1.17. The average Bonchev–Trinajstić information content (AvgIpc) is 2.70. The van der Waals surface area contributed by atoms with E-state index >= 15 is 0 Å². The van der Waals surface area contributed by atoms with Crippen molar-refractivity contribution in [3.63, 3.8) is 0 Å². The fourth-order valence-corrected chi connectivity index (χ4v) is 1.67. The van der Waals surface area contributed by atoms with Crippen molar-refractivity contribution in [2.45, 2.75) is 26.1 Å². The van der Waals surface area contributed by atoms with E-state index in [4.69, 9.17) is 0 Å². The SMILES string of the molecule is CCC1=NN(c2ccc(OC(F)(F)F)cc2)C(=O)C1. The van der Waals surface area contributed by atoms with E-state index < -0.39 is 6.36 Å². The van der Waals surface area contributed by atoms with Crippen molar-refractivity contribution in [1.82, 2.24) is 0 Å². The molecule has 0 atom stereocenters. The van der Waals surface area contributed by atoms with Gasteiger partial charge in [-0.3, -0.25) is 4.79 Å². The van der Waals surface area contributed by atoms with Gasteiger partial charge in [-0.15, -0.1) is 13.2 Å². The highest BCUT2D eigenvalue weighted by Crippen LogP contribution is 2.27. The van der Waals surface area contributed by atoms with Gasteiger partial charge in [-0.2, -0.15) is 5.10 Å². The maximum Gasteiger partial charge on any atom is 0.573 e. The number of rotatable bonds is 3. The monoisotopic (exact) mass is 272 g/mol. The molecule has 19 heavy (non-hydrogen) atoms. The second-order valence-corrected chi connectivity index (χ2v) is 3.94. The summed E-state index contributed by atoms with van der Waals surface area (Å²) < 4.78 is 39.7. The molecule has 4 nitrogen and oxygen atoms in total. The van der Waals surface area contributed by atoms with Gasteiger partial charge in [0.25, 0.3) is 5.91 Å². The van der Waals surface area contributed by atoms with E-state index in [1.165, 1.54) is 17.1 Å². The molecule has 1 aromatic carbocycles. The number of hydrogen-bond donors (Lipinski definition) is 0. The number of benzene rings is 1. The van der Waals surface area contributed by atoms with Gasteiger partial charge in [-0.05, 0) is 30.7 Å². The van der Waals surface area contributed by atoms with Crippen molar-refractivity contribution >= 4 is 17.3 Å². The zero-order valence-corrected chi connectivity index (χ0v) is 10.1. The summed E-state index contributed by atoms with van der Waals surface area (Å²) in [6.07, 6.45) is -3.81. The second kappa shape index (κ2) is 4.91. The molecule has 1 aromatic rings. The van der Waals surface area contributed by atoms with Crippen molar-refractivity contribution in [3.8, 4) is 5.75 Å². The summed E-state index contributed by atoms with van der Waals surface area (Å²) in [6.45, 7) is 1.88. The molecule has 1 amide bonds. The molecule has 102 valence electrons. The third-order valence-corrected chi connectivity index (χ3v) is 2.56. The molecule has 0 saturated carbocycles. The van der Waals surface area contributed by atoms with Crippen molar-refractivity contribution in [3.05, 3.63) is 24.3 Å². The van der Waals surface area contributed by atoms with Crippen LogP contribution in [0, 0.1) is 0 Å². The van der Waals surface area contributed by atoms with Crippen LogP contribution < -0.4 is 9.75 Å². The Bertz CT molecular complexity index is 509. The summed E-state index contributed by atoms with van der Waals surface area (Å²) in [5, 5.41) is 5.29. The number of hydrogen-bond acceptors (Lipinski definition) is 3. The van der Waals surface area contributed by atoms with Gasteiger partial charge in [0.15, 0.2) is 0 Å². The lowest BCUT2D eigenvalue weighted by atomic mass is 10.2. The number of ether oxygens (including phenoxy) is 1. The van der Waals surface area contributed by atoms with Crippen molar-refractivity contribution in [1.29, 1.82) is 0 Å². The predicted molar refractivity (Wildman–Crippen MR) is 63.0 cm³/mol. The summed E-state index contributed by atoms with van der Waals surface area (Å²) in [6, 6.07) is 5.02. The van der Waals surface area contributed by atoms with Gasteiger partial charge in [-0.1, -0.05) is 6.92 Å². The first-order valence-electron chi connectivity index (χ1n) is 5.64. The van der Waals surface area contributed by atoms with Gasteiger partial charge in [0.1, 0.15) is 5.75 Å². The number of alkyl halides is 3. The number of carbonyl (C=O) groups excluding carboxylic acids is 1. The first-order chi connectivity index (χ1) is 8.89. The average molecular weight is 272 g/mol. The number of anilines is 1. The standard InChI is InChI=1S/C12H11F3N2O2/c1-2-8-7-11(18)17(16-8)9-3-5-10(6-4-9)19-12(13,14)15/h3-6H,2,7H2,1H3. The van der Waals surface area contributed by atoms with Crippen LogP contribution in [-0.2, 0) is 4.79 Å². The molecule has 2 rings (SSSR count). The molecule has 0 saturated heterocycles. The highest BCUT2D eigenvalue weighted by molar-refractivity contribution is 6.12. The predicted octanol–water partition coefficient (Wildman–Crippen LogP) is 3.09. The fraction of sp³-hybridized carbons (Fsp3) is 0.333. The smallest absolute Gasteiger partial charge is 0.406 e. The Morgan fingerprint density at radius 3 is 2.42 bits per heavy atom. The summed E-state index contributed by atoms with van der Waals surface area (Å²) in [5.74, 6) is -0.524. The third-order valence-electron chi connectivity index (χ3n) is 2.56. The van der Waals surface area contributed by atoms with E-state index in [0.717, 1.165) is 17.8 Å². The van der Waals surface area contributed by atoms with Crippen LogP contribution in [0.3, 0.4) is 0 Å². The van der Waals surface area contributed by atoms with Crippen LogP contribution in [-0.4, -0.2) is 18.0 Å². The molecule has 0 aliphatic carbocycles. The van der Waals surface area contributed by atoms with Crippen molar-refractivity contribution < 1.29 is 22.7 Å². The lowest BCUT2D eigenvalue weighted by molar-refractivity contribution is -0.274. The summed E-state index contributed by atoms with van der Waals surface area (Å²) in [7, 11) is 0. The van der Waals surface area contributed by atoms with Crippen molar-refractivity contribution in [2.24, 2.45) is 5.10 Å². The highest BCUT2D eigenvalue weighted by atomic mass is 19.4. The van der Waals surface area contributed by atoms with Gasteiger partial charge in [-0.25, -0.2) is 5.01 Å². The van der Waals surface area contributed by atoms with Gasteiger partial charge in [0.05, 0.1) is 12.1 Å². The van der Waals surface area contributed by atoms with Crippen LogP contribution >= 0.6 is 0 Å². The van der Waals surface area contributed by atoms with Crippen LogP contribution in [0.15, 0.2) is 29.4 Å². The molecule has 1 heterocycles. The zero-order chi connectivity index (χ0) is 14.0. The van der Waals surface area contributed by atoms with Crippen LogP contribution in [0.25, 0.3) is 0 Å². The van der Waals surface area contributed by atoms with Crippen LogP contribution in [0.4, 0.5) is 18.9 Å². The largest absolute Gasteiger partial charge is 0.573 e. The van der Waals surface area contributed by atoms with Crippen LogP contribution in [0.2, 0.25) is 0 Å². The molecule has 0 aromatic heterocycles. The normalized spacial score (nSPS) is 15.7. The molecule has 0 radical (unpaired) electrons. The molecule has 7 heteroatoms. The highest BCUT2D eigenvalue weighted by Gasteiger charge is 2.31. The minimum atomic E-state index is -4.72. The summed E-state index contributed by atoms with van der Waals surface area (Å²) >= 11 is 0. The quantitative estimate of drug-likeness (QED) is 0.848. The molecular weight excluding hydrogens is 261 g/mol. The molecule has 0 bridgehead atoms. The minimum absolute atomic E-state index is 0.193. The van der Waals surface area contributed by atoms with Gasteiger partial charge < -0.3 is 4.74 Å². The minimum Gasteiger partial charge on any atom is -0.406 e. The zero-order valence-electron chi connectivity index (χ0n) is 10.1. The van der Waals surface area contributed by atoms with Crippen LogP contribution in [0.5, 0.6) is 5.75 Å². The molecule has 0 spiro atoms. The molecule has 1 aliphatic rings. The maximum absolute atomic E-state index is 12.0. The van der Waals surface area contributed by atoms with Crippen molar-refractivity contribution in [2.75, 3.05) is 5.01 Å². The third kappa shape index (κ3) is 3.24. The Balaban J connectivity index is 2.15. The summed E-state index contributed by atoms with van der Waals surface area (Å²) in [4.78, 5) is 11.7. The Morgan fingerprint density at radius 1 is 1.32 bits per heavy atom. The topological polar surface area (TPSA) is 41.9 Å². The van der Waals surface area contributed by atoms with E-state index in [1.807, 2.05) is 6.92 Å². The van der Waals surface area contributed by atoms with E-state index in [2.05, 4.69) is 9.84 Å². The number of nitrogens with zero attached hydrogens (tertiary/aromatic N) is 2.